The van der Waals surface area contributed by atoms with E-state index < -0.39 is 0 Å². The molecule has 4 heteroatoms. The van der Waals surface area contributed by atoms with E-state index in [0.29, 0.717) is 12.8 Å². The van der Waals surface area contributed by atoms with Gasteiger partial charge in [-0.15, -0.1) is 0 Å². The molecule has 0 saturated carbocycles. The summed E-state index contributed by atoms with van der Waals surface area (Å²) in [6.45, 7) is 3.75. The molecule has 0 aromatic heterocycles. The first-order valence-corrected chi connectivity index (χ1v) is 4.72. The normalized spacial score (nSPS) is 12.5. The Labute approximate surface area is 78.5 Å². The summed E-state index contributed by atoms with van der Waals surface area (Å²) in [6, 6.07) is 0. The van der Waals surface area contributed by atoms with Gasteiger partial charge in [0.15, 0.2) is 0 Å². The van der Waals surface area contributed by atoms with Gasteiger partial charge in [-0.05, 0) is 12.8 Å². The van der Waals surface area contributed by atoms with Crippen molar-refractivity contribution in [3.05, 3.63) is 10.1 Å². The molecule has 0 spiro atoms. The fraction of sp³-hybridized carbons (Fsp3) is 0.889. The van der Waals surface area contributed by atoms with E-state index in [-0.39, 0.29) is 23.2 Å². The number of nitrogens with zero attached hydrogens (tertiary/aromatic N) is 1. The molecule has 0 radical (unpaired) electrons. The summed E-state index contributed by atoms with van der Waals surface area (Å²) in [5.74, 6) is 0.317. The van der Waals surface area contributed by atoms with Gasteiger partial charge >= 0.3 is 0 Å². The topological polar surface area (TPSA) is 60.2 Å². The first-order valence-electron chi connectivity index (χ1n) is 4.72. The molecule has 1 atom stereocenters. The molecular formula is C9H17NO3. The van der Waals surface area contributed by atoms with E-state index in [1.165, 1.54) is 0 Å². The lowest BCUT2D eigenvalue weighted by Gasteiger charge is -2.06. The molecule has 0 rings (SSSR count). The third-order valence-electron chi connectivity index (χ3n) is 2.13. The number of carbonyl (C=O) groups is 1. The van der Waals surface area contributed by atoms with Crippen LogP contribution in [0, 0.1) is 16.0 Å². The lowest BCUT2D eigenvalue weighted by molar-refractivity contribution is -0.480. The number of Topliss-reactive ketones (excluding diaryl/α,β-unsaturated/α-hetero) is 1. The van der Waals surface area contributed by atoms with Crippen LogP contribution < -0.4 is 0 Å². The standard InChI is InChI=1S/C9H17NO3/c1-3-9(11)8(2)6-4-5-7-10(12)13/h8H,3-7H2,1-2H3. The highest BCUT2D eigenvalue weighted by Gasteiger charge is 2.10. The molecule has 0 amide bonds. The summed E-state index contributed by atoms with van der Waals surface area (Å²) in [5, 5.41) is 9.97. The zero-order valence-electron chi connectivity index (χ0n) is 8.28. The van der Waals surface area contributed by atoms with Crippen molar-refractivity contribution in [3.63, 3.8) is 0 Å². The van der Waals surface area contributed by atoms with Crippen molar-refractivity contribution < 1.29 is 9.72 Å². The van der Waals surface area contributed by atoms with Crippen LogP contribution >= 0.6 is 0 Å². The SMILES string of the molecule is CCC(=O)C(C)CCCC[N+](=O)[O-]. The number of hydrogen-bond acceptors (Lipinski definition) is 3. The van der Waals surface area contributed by atoms with Crippen LogP contribution in [-0.4, -0.2) is 17.3 Å². The molecule has 0 N–H and O–H groups in total. The number of ketones is 1. The second kappa shape index (κ2) is 6.57. The predicted molar refractivity (Wildman–Crippen MR) is 50.2 cm³/mol. The van der Waals surface area contributed by atoms with Crippen LogP contribution in [0.3, 0.4) is 0 Å². The molecule has 13 heavy (non-hydrogen) atoms. The monoisotopic (exact) mass is 187 g/mol. The zero-order chi connectivity index (χ0) is 10.3. The van der Waals surface area contributed by atoms with E-state index in [1.807, 2.05) is 13.8 Å². The minimum atomic E-state index is -0.313. The van der Waals surface area contributed by atoms with Crippen molar-refractivity contribution in [1.29, 1.82) is 0 Å². The molecule has 0 aliphatic heterocycles. The van der Waals surface area contributed by atoms with Gasteiger partial charge in [-0.2, -0.15) is 0 Å². The Morgan fingerprint density at radius 1 is 1.46 bits per heavy atom. The molecule has 4 nitrogen and oxygen atoms in total. The van der Waals surface area contributed by atoms with Crippen molar-refractivity contribution in [3.8, 4) is 0 Å². The quantitative estimate of drug-likeness (QED) is 0.348. The molecule has 76 valence electrons. The minimum Gasteiger partial charge on any atom is -0.299 e. The Kier molecular flexibility index (Phi) is 6.10. The largest absolute Gasteiger partial charge is 0.299 e. The summed E-state index contributed by atoms with van der Waals surface area (Å²) >= 11 is 0. The maximum atomic E-state index is 11.1. The van der Waals surface area contributed by atoms with Crippen molar-refractivity contribution in [2.45, 2.75) is 39.5 Å². The number of carbonyl (C=O) groups excluding carboxylic acids is 1. The van der Waals surface area contributed by atoms with E-state index in [0.717, 1.165) is 12.8 Å². The molecule has 0 aromatic carbocycles. The van der Waals surface area contributed by atoms with E-state index >= 15 is 0 Å². The summed E-state index contributed by atoms with van der Waals surface area (Å²) < 4.78 is 0. The predicted octanol–water partition coefficient (Wildman–Crippen LogP) is 2.05. The molecule has 0 fully saturated rings. The molecule has 0 aliphatic carbocycles. The molecular weight excluding hydrogens is 170 g/mol. The van der Waals surface area contributed by atoms with Gasteiger partial charge in [0.05, 0.1) is 0 Å². The summed E-state index contributed by atoms with van der Waals surface area (Å²) in [7, 11) is 0. The first-order chi connectivity index (χ1) is 6.07. The maximum absolute atomic E-state index is 11.1. The Morgan fingerprint density at radius 3 is 2.54 bits per heavy atom. The van der Waals surface area contributed by atoms with Gasteiger partial charge in [0.1, 0.15) is 5.78 Å². The third-order valence-corrected chi connectivity index (χ3v) is 2.13. The fourth-order valence-corrected chi connectivity index (χ4v) is 1.20. The van der Waals surface area contributed by atoms with Crippen LogP contribution in [0.4, 0.5) is 0 Å². The van der Waals surface area contributed by atoms with E-state index in [1.54, 1.807) is 0 Å². The molecule has 1 unspecified atom stereocenters. The summed E-state index contributed by atoms with van der Waals surface area (Å²) in [4.78, 5) is 20.8. The lowest BCUT2D eigenvalue weighted by atomic mass is 9.98. The molecule has 0 aromatic rings. The molecule has 0 aliphatic rings. The van der Waals surface area contributed by atoms with Crippen LogP contribution in [0.5, 0.6) is 0 Å². The van der Waals surface area contributed by atoms with Gasteiger partial charge in [-0.1, -0.05) is 13.8 Å². The van der Waals surface area contributed by atoms with E-state index in [9.17, 15) is 14.9 Å². The van der Waals surface area contributed by atoms with Gasteiger partial charge < -0.3 is 0 Å². The number of hydrogen-bond donors (Lipinski definition) is 0. The van der Waals surface area contributed by atoms with Crippen LogP contribution in [-0.2, 0) is 4.79 Å². The number of rotatable bonds is 7. The van der Waals surface area contributed by atoms with Crippen molar-refractivity contribution >= 4 is 5.78 Å². The average Bonchev–Trinajstić information content (AvgIpc) is 2.10. The summed E-state index contributed by atoms with van der Waals surface area (Å²) in [6.07, 6.45) is 2.69. The Bertz CT molecular complexity index is 180. The Balaban J connectivity index is 3.42. The van der Waals surface area contributed by atoms with Crippen molar-refractivity contribution in [2.24, 2.45) is 5.92 Å². The molecule has 0 saturated heterocycles. The highest BCUT2D eigenvalue weighted by molar-refractivity contribution is 5.80. The lowest BCUT2D eigenvalue weighted by Crippen LogP contribution is -2.10. The zero-order valence-corrected chi connectivity index (χ0v) is 8.28. The van der Waals surface area contributed by atoms with Crippen LogP contribution in [0.25, 0.3) is 0 Å². The Hall–Kier alpha value is -0.930. The van der Waals surface area contributed by atoms with E-state index in [4.69, 9.17) is 0 Å². The highest BCUT2D eigenvalue weighted by Crippen LogP contribution is 2.10. The maximum Gasteiger partial charge on any atom is 0.203 e. The van der Waals surface area contributed by atoms with Gasteiger partial charge in [0.2, 0.25) is 6.54 Å². The smallest absolute Gasteiger partial charge is 0.203 e. The number of nitro groups is 1. The molecule has 0 bridgehead atoms. The average molecular weight is 187 g/mol. The minimum absolute atomic E-state index is 0.0209. The van der Waals surface area contributed by atoms with Crippen molar-refractivity contribution in [1.82, 2.24) is 0 Å². The second-order valence-electron chi connectivity index (χ2n) is 3.27. The summed E-state index contributed by atoms with van der Waals surface area (Å²) in [5.41, 5.74) is 0. The third kappa shape index (κ3) is 6.25. The van der Waals surface area contributed by atoms with Crippen LogP contribution in [0.2, 0.25) is 0 Å². The van der Waals surface area contributed by atoms with Gasteiger partial charge in [-0.25, -0.2) is 0 Å². The highest BCUT2D eigenvalue weighted by atomic mass is 16.6. The molecule has 0 heterocycles. The van der Waals surface area contributed by atoms with Gasteiger partial charge in [0.25, 0.3) is 0 Å². The first kappa shape index (κ1) is 12.1. The fourth-order valence-electron chi connectivity index (χ4n) is 1.20. The number of unbranched alkanes of at least 4 members (excludes halogenated alkanes) is 1. The van der Waals surface area contributed by atoms with Crippen LogP contribution in [0.15, 0.2) is 0 Å². The van der Waals surface area contributed by atoms with Gasteiger partial charge in [0, 0.05) is 23.7 Å². The Morgan fingerprint density at radius 2 is 2.08 bits per heavy atom. The van der Waals surface area contributed by atoms with Crippen LogP contribution in [0.1, 0.15) is 39.5 Å². The van der Waals surface area contributed by atoms with Gasteiger partial charge in [-0.3, -0.25) is 14.9 Å². The van der Waals surface area contributed by atoms with E-state index in [2.05, 4.69) is 0 Å². The van der Waals surface area contributed by atoms with Crippen molar-refractivity contribution in [2.75, 3.05) is 6.54 Å². The second-order valence-corrected chi connectivity index (χ2v) is 3.27.